The van der Waals surface area contributed by atoms with Gasteiger partial charge >= 0.3 is 0 Å². The lowest BCUT2D eigenvalue weighted by molar-refractivity contribution is 0.100. The van der Waals surface area contributed by atoms with Crippen molar-refractivity contribution in [2.24, 2.45) is 11.7 Å². The summed E-state index contributed by atoms with van der Waals surface area (Å²) in [5, 5.41) is 15.4. The Bertz CT molecular complexity index is 1630. The van der Waals surface area contributed by atoms with Gasteiger partial charge in [-0.05, 0) is 73.6 Å². The van der Waals surface area contributed by atoms with Crippen LogP contribution in [-0.2, 0) is 6.61 Å². The number of nitrogens with two attached hydrogens (primary N) is 1. The van der Waals surface area contributed by atoms with E-state index in [1.54, 1.807) is 0 Å². The van der Waals surface area contributed by atoms with Gasteiger partial charge in [0.05, 0.1) is 28.9 Å². The Morgan fingerprint density at radius 2 is 1.79 bits per heavy atom. The van der Waals surface area contributed by atoms with Crippen molar-refractivity contribution in [1.29, 1.82) is 0 Å². The maximum absolute atomic E-state index is 12.3. The smallest absolute Gasteiger partial charge is 0.250 e. The van der Waals surface area contributed by atoms with Crippen LogP contribution >= 0.6 is 0 Å². The number of carbonyl (C=O) groups is 1. The second kappa shape index (κ2) is 9.95. The van der Waals surface area contributed by atoms with E-state index in [-0.39, 0.29) is 6.61 Å². The summed E-state index contributed by atoms with van der Waals surface area (Å²) in [4.78, 5) is 16.8. The molecular formula is C32H32N4O2. The number of primary amides is 1. The highest BCUT2D eigenvalue weighted by Crippen LogP contribution is 2.39. The van der Waals surface area contributed by atoms with Crippen LogP contribution in [0.4, 0.5) is 5.69 Å². The Hall–Kier alpha value is -4.16. The van der Waals surface area contributed by atoms with Gasteiger partial charge in [-0.2, -0.15) is 0 Å². The van der Waals surface area contributed by atoms with Gasteiger partial charge in [-0.15, -0.1) is 0 Å². The van der Waals surface area contributed by atoms with Gasteiger partial charge in [0.25, 0.3) is 5.91 Å². The Labute approximate surface area is 222 Å². The molecule has 2 aromatic heterocycles. The van der Waals surface area contributed by atoms with E-state index in [0.717, 1.165) is 63.1 Å². The standard InChI is InChI=1S/C32H32N4O2/c1-20-9-12-22(13-10-20)35-28-17-24(15-16-26(28)32(33)38)36-29-7-3-2-5-27(29)31-25(6-4-8-30(31)36)21-11-14-23(19-37)34-18-21/h2-8,11,14-18,20,22,35,37H,9-10,12-13,19H2,1H3,(H2,33,38)/t20-,22-. The van der Waals surface area contributed by atoms with E-state index < -0.39 is 5.91 Å². The average molecular weight is 505 g/mol. The molecule has 2 heterocycles. The molecule has 192 valence electrons. The van der Waals surface area contributed by atoms with Crippen LogP contribution in [0.15, 0.2) is 79.0 Å². The Balaban J connectivity index is 1.52. The molecule has 1 aliphatic carbocycles. The van der Waals surface area contributed by atoms with Gasteiger partial charge < -0.3 is 20.7 Å². The minimum absolute atomic E-state index is 0.0820. The van der Waals surface area contributed by atoms with Crippen LogP contribution < -0.4 is 11.1 Å². The number of pyridine rings is 1. The molecule has 6 nitrogen and oxygen atoms in total. The molecule has 0 saturated heterocycles. The minimum Gasteiger partial charge on any atom is -0.390 e. The van der Waals surface area contributed by atoms with E-state index in [2.05, 4.69) is 70.3 Å². The highest BCUT2D eigenvalue weighted by molar-refractivity contribution is 6.15. The molecule has 4 N–H and O–H groups in total. The van der Waals surface area contributed by atoms with Crippen molar-refractivity contribution in [3.05, 3.63) is 90.3 Å². The number of carbonyl (C=O) groups excluding carboxylic acids is 1. The van der Waals surface area contributed by atoms with Gasteiger partial charge in [-0.25, -0.2) is 0 Å². The quantitative estimate of drug-likeness (QED) is 0.248. The molecule has 0 atom stereocenters. The number of para-hydroxylation sites is 1. The zero-order valence-corrected chi connectivity index (χ0v) is 21.5. The number of aliphatic hydroxyl groups excluding tert-OH is 1. The van der Waals surface area contributed by atoms with E-state index in [1.807, 2.05) is 30.5 Å². The molecule has 1 aliphatic rings. The van der Waals surface area contributed by atoms with Crippen LogP contribution in [-0.4, -0.2) is 26.6 Å². The SMILES string of the molecule is C[C@H]1CC[C@H](Nc2cc(-n3c4ccccc4c4c(-c5ccc(CO)nc5)cccc43)ccc2C(N)=O)CC1. The average Bonchev–Trinajstić information content (AvgIpc) is 3.29. The molecule has 6 heteroatoms. The van der Waals surface area contributed by atoms with E-state index in [4.69, 9.17) is 5.73 Å². The third-order valence-electron chi connectivity index (χ3n) is 7.90. The number of amides is 1. The van der Waals surface area contributed by atoms with Crippen molar-refractivity contribution < 1.29 is 9.90 Å². The third-order valence-corrected chi connectivity index (χ3v) is 7.90. The molecule has 6 rings (SSSR count). The van der Waals surface area contributed by atoms with Gasteiger partial charge in [0.1, 0.15) is 0 Å². The van der Waals surface area contributed by atoms with Crippen LogP contribution in [0.2, 0.25) is 0 Å². The predicted octanol–water partition coefficient (Wildman–Crippen LogP) is 6.43. The summed E-state index contributed by atoms with van der Waals surface area (Å²) >= 11 is 0. The number of rotatable bonds is 6. The third kappa shape index (κ3) is 4.31. The molecule has 0 aliphatic heterocycles. The number of hydrogen-bond acceptors (Lipinski definition) is 4. The molecule has 0 radical (unpaired) electrons. The van der Waals surface area contributed by atoms with Crippen molar-refractivity contribution in [3.8, 4) is 16.8 Å². The molecule has 0 spiro atoms. The second-order valence-electron chi connectivity index (χ2n) is 10.4. The van der Waals surface area contributed by atoms with E-state index in [1.165, 1.54) is 12.8 Å². The molecule has 0 bridgehead atoms. The molecule has 1 amide bonds. The van der Waals surface area contributed by atoms with Crippen LogP contribution in [0.5, 0.6) is 0 Å². The number of nitrogens with one attached hydrogen (secondary N) is 1. The Kier molecular flexibility index (Phi) is 6.34. The predicted molar refractivity (Wildman–Crippen MR) is 153 cm³/mol. The lowest BCUT2D eigenvalue weighted by Gasteiger charge is -2.28. The van der Waals surface area contributed by atoms with Crippen molar-refractivity contribution in [2.45, 2.75) is 45.3 Å². The van der Waals surface area contributed by atoms with E-state index in [0.29, 0.717) is 17.3 Å². The number of hydrogen-bond donors (Lipinski definition) is 3. The first-order valence-electron chi connectivity index (χ1n) is 13.3. The highest BCUT2D eigenvalue weighted by Gasteiger charge is 2.21. The van der Waals surface area contributed by atoms with Gasteiger partial charge in [-0.1, -0.05) is 43.3 Å². The molecule has 3 aromatic carbocycles. The van der Waals surface area contributed by atoms with Crippen molar-refractivity contribution in [2.75, 3.05) is 5.32 Å². The summed E-state index contributed by atoms with van der Waals surface area (Å²) < 4.78 is 2.25. The van der Waals surface area contributed by atoms with Gasteiger partial charge in [0, 0.05) is 39.9 Å². The lowest BCUT2D eigenvalue weighted by Crippen LogP contribution is -2.27. The second-order valence-corrected chi connectivity index (χ2v) is 10.4. The fourth-order valence-corrected chi connectivity index (χ4v) is 5.85. The Morgan fingerprint density at radius 3 is 2.53 bits per heavy atom. The summed E-state index contributed by atoms with van der Waals surface area (Å²) in [6.07, 6.45) is 6.37. The maximum atomic E-state index is 12.3. The lowest BCUT2D eigenvalue weighted by atomic mass is 9.87. The summed E-state index contributed by atoms with van der Waals surface area (Å²) in [5.41, 5.74) is 12.9. The molecular weight excluding hydrogens is 472 g/mol. The summed E-state index contributed by atoms with van der Waals surface area (Å²) in [7, 11) is 0. The number of aromatic nitrogens is 2. The summed E-state index contributed by atoms with van der Waals surface area (Å²) in [6, 6.07) is 24.8. The van der Waals surface area contributed by atoms with Gasteiger partial charge in [0.15, 0.2) is 0 Å². The zero-order valence-electron chi connectivity index (χ0n) is 21.5. The first-order valence-corrected chi connectivity index (χ1v) is 13.3. The number of nitrogens with zero attached hydrogens (tertiary/aromatic N) is 2. The van der Waals surface area contributed by atoms with Crippen LogP contribution in [0.1, 0.15) is 48.7 Å². The van der Waals surface area contributed by atoms with Crippen molar-refractivity contribution in [3.63, 3.8) is 0 Å². The summed E-state index contributed by atoms with van der Waals surface area (Å²) in [6.45, 7) is 2.22. The highest BCUT2D eigenvalue weighted by atomic mass is 16.3. The number of fused-ring (bicyclic) bond motifs is 3. The topological polar surface area (TPSA) is 93.2 Å². The first-order chi connectivity index (χ1) is 18.5. The zero-order chi connectivity index (χ0) is 26.2. The molecule has 0 unspecified atom stereocenters. The molecule has 1 fully saturated rings. The Morgan fingerprint density at radius 1 is 1.00 bits per heavy atom. The number of aliphatic hydroxyl groups is 1. The number of benzene rings is 3. The van der Waals surface area contributed by atoms with Crippen LogP contribution in [0.25, 0.3) is 38.6 Å². The monoisotopic (exact) mass is 504 g/mol. The molecule has 1 saturated carbocycles. The minimum atomic E-state index is -0.424. The van der Waals surface area contributed by atoms with Gasteiger partial charge in [-0.3, -0.25) is 9.78 Å². The fourth-order valence-electron chi connectivity index (χ4n) is 5.85. The van der Waals surface area contributed by atoms with E-state index >= 15 is 0 Å². The molecule has 5 aromatic rings. The molecule has 38 heavy (non-hydrogen) atoms. The maximum Gasteiger partial charge on any atom is 0.250 e. The largest absolute Gasteiger partial charge is 0.390 e. The van der Waals surface area contributed by atoms with Crippen LogP contribution in [0, 0.1) is 5.92 Å². The fraction of sp³-hybridized carbons (Fsp3) is 0.250. The summed E-state index contributed by atoms with van der Waals surface area (Å²) in [5.74, 6) is 0.323. The van der Waals surface area contributed by atoms with Crippen molar-refractivity contribution >= 4 is 33.4 Å². The first kappa shape index (κ1) is 24.2. The normalized spacial score (nSPS) is 17.6. The van der Waals surface area contributed by atoms with Crippen LogP contribution in [0.3, 0.4) is 0 Å². The van der Waals surface area contributed by atoms with Gasteiger partial charge in [0.2, 0.25) is 0 Å². The van der Waals surface area contributed by atoms with E-state index in [9.17, 15) is 9.90 Å². The van der Waals surface area contributed by atoms with Crippen molar-refractivity contribution in [1.82, 2.24) is 9.55 Å². The number of anilines is 1.